The molecule has 2 N–H and O–H groups in total. The number of methoxy groups -OCH3 is 1. The zero-order valence-corrected chi connectivity index (χ0v) is 19.8. The molecule has 1 aromatic heterocycles. The van der Waals surface area contributed by atoms with Gasteiger partial charge in [-0.05, 0) is 42.2 Å². The minimum Gasteiger partial charge on any atom is -0.495 e. The number of aromatic nitrogens is 3. The number of para-hydroxylation sites is 1. The lowest BCUT2D eigenvalue weighted by Gasteiger charge is -2.33. The average Bonchev–Trinajstić information content (AvgIpc) is 3.20. The lowest BCUT2D eigenvalue weighted by atomic mass is 10.0. The summed E-state index contributed by atoms with van der Waals surface area (Å²) in [7, 11) is 1.58. The van der Waals surface area contributed by atoms with Crippen LogP contribution in [0.5, 0.6) is 5.75 Å². The Kier molecular flexibility index (Phi) is 6.91. The van der Waals surface area contributed by atoms with E-state index >= 15 is 0 Å². The molecule has 1 aliphatic heterocycles. The normalized spacial score (nSPS) is 17.4. The lowest BCUT2D eigenvalue weighted by molar-refractivity contribution is -0.116. The highest BCUT2D eigenvalue weighted by Gasteiger charge is 2.38. The number of anilines is 1. The van der Waals surface area contributed by atoms with Gasteiger partial charge in [0.1, 0.15) is 11.0 Å². The molecule has 1 aliphatic rings. The number of thioether (sulfide) groups is 1. The van der Waals surface area contributed by atoms with Gasteiger partial charge in [0, 0.05) is 12.1 Å². The number of benzene rings is 2. The SMILES string of the molecule is CCCc1nnc2n1N[C@H](c1ccc(OC)c(Cl)c1)[C@@H](C(=O)Nc1ccccc1CC)S2. The molecule has 4 rings (SSSR count). The molecule has 3 aromatic rings. The first-order valence-corrected chi connectivity index (χ1v) is 11.9. The highest BCUT2D eigenvalue weighted by molar-refractivity contribution is 8.00. The fourth-order valence-electron chi connectivity index (χ4n) is 3.76. The molecule has 0 saturated heterocycles. The molecule has 2 atom stereocenters. The van der Waals surface area contributed by atoms with E-state index in [1.165, 1.54) is 11.8 Å². The molecular weight excluding hydrogens is 446 g/mol. The molecule has 0 unspecified atom stereocenters. The van der Waals surface area contributed by atoms with E-state index in [0.29, 0.717) is 15.9 Å². The van der Waals surface area contributed by atoms with Crippen molar-refractivity contribution < 1.29 is 9.53 Å². The summed E-state index contributed by atoms with van der Waals surface area (Å²) >= 11 is 7.82. The van der Waals surface area contributed by atoms with Gasteiger partial charge in [-0.3, -0.25) is 4.79 Å². The van der Waals surface area contributed by atoms with Crippen LogP contribution in [-0.2, 0) is 17.6 Å². The Balaban J connectivity index is 1.70. The first kappa shape index (κ1) is 22.5. The van der Waals surface area contributed by atoms with Gasteiger partial charge < -0.3 is 15.5 Å². The van der Waals surface area contributed by atoms with E-state index in [1.54, 1.807) is 7.11 Å². The molecule has 0 radical (unpaired) electrons. The molecule has 7 nitrogen and oxygen atoms in total. The summed E-state index contributed by atoms with van der Waals surface area (Å²) in [5, 5.41) is 12.4. The maximum absolute atomic E-state index is 13.5. The number of aryl methyl sites for hydroxylation is 2. The van der Waals surface area contributed by atoms with Gasteiger partial charge in [-0.2, -0.15) is 0 Å². The number of nitrogens with zero attached hydrogens (tertiary/aromatic N) is 3. The maximum atomic E-state index is 13.5. The van der Waals surface area contributed by atoms with Gasteiger partial charge in [-0.25, -0.2) is 4.68 Å². The highest BCUT2D eigenvalue weighted by Crippen LogP contribution is 2.39. The summed E-state index contributed by atoms with van der Waals surface area (Å²) in [5.74, 6) is 1.33. The van der Waals surface area contributed by atoms with Crippen molar-refractivity contribution in [1.82, 2.24) is 14.9 Å². The molecule has 1 amide bonds. The zero-order valence-electron chi connectivity index (χ0n) is 18.3. The van der Waals surface area contributed by atoms with Gasteiger partial charge in [-0.1, -0.05) is 61.5 Å². The van der Waals surface area contributed by atoms with Crippen molar-refractivity contribution in [3.05, 3.63) is 64.4 Å². The van der Waals surface area contributed by atoms with Crippen LogP contribution in [-0.4, -0.2) is 33.1 Å². The fourth-order valence-corrected chi connectivity index (χ4v) is 5.13. The molecule has 32 heavy (non-hydrogen) atoms. The number of amides is 1. The van der Waals surface area contributed by atoms with Crippen molar-refractivity contribution in [3.8, 4) is 5.75 Å². The molecule has 0 bridgehead atoms. The summed E-state index contributed by atoms with van der Waals surface area (Å²) in [6.07, 6.45) is 2.57. The summed E-state index contributed by atoms with van der Waals surface area (Å²) in [6.45, 7) is 4.17. The number of halogens is 1. The third-order valence-electron chi connectivity index (χ3n) is 5.43. The molecule has 2 heterocycles. The van der Waals surface area contributed by atoms with Crippen molar-refractivity contribution in [2.24, 2.45) is 0 Å². The minimum absolute atomic E-state index is 0.105. The Bertz CT molecular complexity index is 1120. The highest BCUT2D eigenvalue weighted by atomic mass is 35.5. The molecular formula is C23H26ClN5O2S. The number of fused-ring (bicyclic) bond motifs is 1. The second kappa shape index (κ2) is 9.83. The van der Waals surface area contributed by atoms with Crippen LogP contribution in [0, 0.1) is 0 Å². The largest absolute Gasteiger partial charge is 0.495 e. The van der Waals surface area contributed by atoms with Crippen LogP contribution in [0.15, 0.2) is 47.6 Å². The maximum Gasteiger partial charge on any atom is 0.240 e. The van der Waals surface area contributed by atoms with Gasteiger partial charge in [0.15, 0.2) is 5.82 Å². The van der Waals surface area contributed by atoms with E-state index in [4.69, 9.17) is 16.3 Å². The Labute approximate surface area is 196 Å². The third kappa shape index (κ3) is 4.42. The Hall–Kier alpha value is -2.71. The summed E-state index contributed by atoms with van der Waals surface area (Å²) in [4.78, 5) is 13.5. The van der Waals surface area contributed by atoms with E-state index < -0.39 is 5.25 Å². The first-order valence-electron chi connectivity index (χ1n) is 10.6. The molecule has 0 saturated carbocycles. The monoisotopic (exact) mass is 471 g/mol. The van der Waals surface area contributed by atoms with Crippen LogP contribution in [0.25, 0.3) is 0 Å². The first-order chi connectivity index (χ1) is 15.5. The Morgan fingerprint density at radius 1 is 1.25 bits per heavy atom. The average molecular weight is 472 g/mol. The van der Waals surface area contributed by atoms with E-state index in [2.05, 4.69) is 34.8 Å². The topological polar surface area (TPSA) is 81.1 Å². The van der Waals surface area contributed by atoms with Crippen LogP contribution in [0.1, 0.15) is 43.3 Å². The molecule has 168 valence electrons. The van der Waals surface area contributed by atoms with E-state index in [0.717, 1.165) is 41.9 Å². The van der Waals surface area contributed by atoms with E-state index in [9.17, 15) is 4.79 Å². The van der Waals surface area contributed by atoms with Crippen LogP contribution in [0.2, 0.25) is 5.02 Å². The third-order valence-corrected chi connectivity index (χ3v) is 6.94. The predicted octanol–water partition coefficient (Wildman–Crippen LogP) is 4.85. The zero-order chi connectivity index (χ0) is 22.7. The number of carbonyl (C=O) groups is 1. The van der Waals surface area contributed by atoms with Crippen molar-refractivity contribution in [2.45, 2.75) is 49.6 Å². The number of carbonyl (C=O) groups excluding carboxylic acids is 1. The standard InChI is InChI=1S/C23H26ClN5O2S/c1-4-8-19-26-27-23-29(19)28-20(15-11-12-18(31-3)16(24)13-15)21(32-23)22(30)25-17-10-7-6-9-14(17)5-2/h6-7,9-13,20-21,28H,4-5,8H2,1-3H3,(H,25,30)/t20-,21+/m1/s1. The number of rotatable bonds is 7. The second-order valence-electron chi connectivity index (χ2n) is 7.52. The second-order valence-corrected chi connectivity index (χ2v) is 9.04. The summed E-state index contributed by atoms with van der Waals surface area (Å²) < 4.78 is 7.19. The van der Waals surface area contributed by atoms with E-state index in [-0.39, 0.29) is 11.9 Å². The van der Waals surface area contributed by atoms with Crippen molar-refractivity contribution in [3.63, 3.8) is 0 Å². The van der Waals surface area contributed by atoms with Crippen molar-refractivity contribution in [1.29, 1.82) is 0 Å². The van der Waals surface area contributed by atoms with Gasteiger partial charge in [0.2, 0.25) is 11.1 Å². The van der Waals surface area contributed by atoms with Gasteiger partial charge in [-0.15, -0.1) is 10.2 Å². The number of ether oxygens (including phenoxy) is 1. The lowest BCUT2D eigenvalue weighted by Crippen LogP contribution is -2.41. The molecule has 9 heteroatoms. The van der Waals surface area contributed by atoms with Crippen LogP contribution < -0.4 is 15.5 Å². The van der Waals surface area contributed by atoms with Crippen molar-refractivity contribution in [2.75, 3.05) is 17.9 Å². The summed E-state index contributed by atoms with van der Waals surface area (Å²) in [6, 6.07) is 13.1. The van der Waals surface area contributed by atoms with Gasteiger partial charge in [0.25, 0.3) is 0 Å². The molecule has 0 aliphatic carbocycles. The molecule has 0 spiro atoms. The van der Waals surface area contributed by atoms with Gasteiger partial charge in [0.05, 0.1) is 18.2 Å². The fraction of sp³-hybridized carbons (Fsp3) is 0.348. The minimum atomic E-state index is -0.476. The predicted molar refractivity (Wildman–Crippen MR) is 128 cm³/mol. The summed E-state index contributed by atoms with van der Waals surface area (Å²) in [5.41, 5.74) is 6.27. The number of hydrogen-bond acceptors (Lipinski definition) is 6. The van der Waals surface area contributed by atoms with Crippen LogP contribution in [0.3, 0.4) is 0 Å². The van der Waals surface area contributed by atoms with Crippen molar-refractivity contribution >= 4 is 35.0 Å². The quantitative estimate of drug-likeness (QED) is 0.512. The van der Waals surface area contributed by atoms with Gasteiger partial charge >= 0.3 is 0 Å². The Morgan fingerprint density at radius 2 is 2.06 bits per heavy atom. The molecule has 0 fully saturated rings. The number of nitrogens with one attached hydrogen (secondary N) is 2. The number of hydrogen-bond donors (Lipinski definition) is 2. The smallest absolute Gasteiger partial charge is 0.240 e. The van der Waals surface area contributed by atoms with Crippen LogP contribution >= 0.6 is 23.4 Å². The van der Waals surface area contributed by atoms with Crippen LogP contribution in [0.4, 0.5) is 5.69 Å². The Morgan fingerprint density at radius 3 is 2.78 bits per heavy atom. The molecule has 2 aromatic carbocycles. The van der Waals surface area contributed by atoms with E-state index in [1.807, 2.05) is 47.1 Å².